The Morgan fingerprint density at radius 3 is 2.39 bits per heavy atom. The van der Waals surface area contributed by atoms with Crippen molar-refractivity contribution in [3.63, 3.8) is 0 Å². The van der Waals surface area contributed by atoms with Crippen LogP contribution in [0, 0.1) is 0 Å². The van der Waals surface area contributed by atoms with Crippen LogP contribution in [0.2, 0.25) is 5.02 Å². The van der Waals surface area contributed by atoms with Crippen LogP contribution in [0.1, 0.15) is 26.3 Å². The number of aromatic hydroxyl groups is 1. The van der Waals surface area contributed by atoms with Gasteiger partial charge in [0.15, 0.2) is 0 Å². The number of nitrogens with zero attached hydrogens (tertiary/aromatic N) is 1. The summed E-state index contributed by atoms with van der Waals surface area (Å²) in [6, 6.07) is 2.26. The van der Waals surface area contributed by atoms with Crippen LogP contribution in [-0.2, 0) is 11.3 Å². The molecule has 0 atom stereocenters. The Bertz CT molecular complexity index is 558. The van der Waals surface area contributed by atoms with Gasteiger partial charge in [0.05, 0.1) is 30.8 Å². The van der Waals surface area contributed by atoms with Crippen molar-refractivity contribution in [1.29, 1.82) is 0 Å². The number of rotatable bonds is 5. The largest absolute Gasteiger partial charge is 0.506 e. The third-order valence-corrected chi connectivity index (χ3v) is 3.68. The van der Waals surface area contributed by atoms with Gasteiger partial charge in [-0.1, -0.05) is 27.5 Å². The molecule has 130 valence electrons. The summed E-state index contributed by atoms with van der Waals surface area (Å²) < 4.78 is 5.92. The molecular weight excluding hydrogens is 390 g/mol. The molecule has 1 aromatic carbocycles. The van der Waals surface area contributed by atoms with Gasteiger partial charge in [0.1, 0.15) is 11.4 Å². The molecule has 1 aromatic rings. The average molecular weight is 411 g/mol. The third-order valence-electron chi connectivity index (χ3n) is 2.94. The van der Waals surface area contributed by atoms with E-state index in [9.17, 15) is 20.1 Å². The summed E-state index contributed by atoms with van der Waals surface area (Å²) in [6.45, 7) is 4.17. The molecule has 0 heterocycles. The summed E-state index contributed by atoms with van der Waals surface area (Å²) in [5, 5.41) is 29.0. The second kappa shape index (κ2) is 8.19. The Hall–Kier alpha value is -1.02. The number of benzene rings is 1. The Morgan fingerprint density at radius 2 is 1.91 bits per heavy atom. The molecule has 0 aliphatic heterocycles. The predicted octanol–water partition coefficient (Wildman–Crippen LogP) is 2.90. The van der Waals surface area contributed by atoms with Crippen LogP contribution in [-0.4, -0.2) is 51.2 Å². The summed E-state index contributed by atoms with van der Waals surface area (Å²) in [4.78, 5) is 13.5. The van der Waals surface area contributed by atoms with Crippen molar-refractivity contribution >= 4 is 33.6 Å². The number of phenolic OH excluding ortho intramolecular Hbond substituents is 1. The van der Waals surface area contributed by atoms with Gasteiger partial charge in [0, 0.05) is 10.0 Å². The second-order valence-electron chi connectivity index (χ2n) is 6.02. The number of aliphatic hydroxyl groups excluding tert-OH is 2. The number of amides is 1. The van der Waals surface area contributed by atoms with Crippen LogP contribution >= 0.6 is 27.5 Å². The lowest BCUT2D eigenvalue weighted by Gasteiger charge is -2.32. The Kier molecular flexibility index (Phi) is 7.13. The molecule has 0 unspecified atom stereocenters. The number of hydrogen-bond donors (Lipinski definition) is 3. The van der Waals surface area contributed by atoms with E-state index in [2.05, 4.69) is 15.9 Å². The van der Waals surface area contributed by atoms with Gasteiger partial charge in [0.2, 0.25) is 0 Å². The molecule has 6 nitrogen and oxygen atoms in total. The van der Waals surface area contributed by atoms with Crippen LogP contribution in [0.4, 0.5) is 4.79 Å². The Balaban J connectivity index is 3.14. The first kappa shape index (κ1) is 20.0. The van der Waals surface area contributed by atoms with E-state index in [-0.39, 0.29) is 17.3 Å². The number of aliphatic hydroxyl groups is 2. The van der Waals surface area contributed by atoms with Crippen molar-refractivity contribution in [3.05, 3.63) is 27.2 Å². The van der Waals surface area contributed by atoms with E-state index in [1.807, 2.05) is 0 Å². The molecular formula is C15H21BrClNO5. The highest BCUT2D eigenvalue weighted by Crippen LogP contribution is 2.32. The molecule has 1 rings (SSSR count). The summed E-state index contributed by atoms with van der Waals surface area (Å²) in [5.41, 5.74) is -0.371. The predicted molar refractivity (Wildman–Crippen MR) is 90.6 cm³/mol. The van der Waals surface area contributed by atoms with Crippen LogP contribution in [0.25, 0.3) is 0 Å². The lowest BCUT2D eigenvalue weighted by atomic mass is 10.1. The maximum atomic E-state index is 12.4. The zero-order chi connectivity index (χ0) is 17.8. The smallest absolute Gasteiger partial charge is 0.411 e. The standard InChI is InChI=1S/C15H21BrClNO5/c1-15(2,3)23-14(22)18(11(7-19)8-20)6-9-4-10(16)5-12(17)13(9)21/h4-5,11,19-21H,6-8H2,1-3H3. The van der Waals surface area contributed by atoms with Gasteiger partial charge in [0.25, 0.3) is 0 Å². The average Bonchev–Trinajstić information content (AvgIpc) is 2.42. The number of ether oxygens (including phenoxy) is 1. The number of carbonyl (C=O) groups is 1. The zero-order valence-corrected chi connectivity index (χ0v) is 15.6. The first-order valence-electron chi connectivity index (χ1n) is 6.97. The highest BCUT2D eigenvalue weighted by Gasteiger charge is 2.29. The fourth-order valence-corrected chi connectivity index (χ4v) is 2.72. The van der Waals surface area contributed by atoms with E-state index in [0.29, 0.717) is 10.0 Å². The molecule has 0 spiro atoms. The lowest BCUT2D eigenvalue weighted by Crippen LogP contribution is -2.46. The summed E-state index contributed by atoms with van der Waals surface area (Å²) in [5.74, 6) is -0.168. The minimum atomic E-state index is -0.859. The quantitative estimate of drug-likeness (QED) is 0.694. The van der Waals surface area contributed by atoms with Crippen molar-refractivity contribution in [2.75, 3.05) is 13.2 Å². The van der Waals surface area contributed by atoms with E-state index >= 15 is 0 Å². The van der Waals surface area contributed by atoms with Crippen LogP contribution < -0.4 is 0 Å². The van der Waals surface area contributed by atoms with Gasteiger partial charge in [-0.05, 0) is 32.9 Å². The van der Waals surface area contributed by atoms with Gasteiger partial charge in [-0.25, -0.2) is 4.79 Å². The van der Waals surface area contributed by atoms with Crippen molar-refractivity contribution in [2.45, 2.75) is 39.0 Å². The molecule has 0 aliphatic rings. The highest BCUT2D eigenvalue weighted by atomic mass is 79.9. The normalized spacial score (nSPS) is 11.7. The van der Waals surface area contributed by atoms with Gasteiger partial charge >= 0.3 is 6.09 Å². The fraction of sp³-hybridized carbons (Fsp3) is 0.533. The summed E-state index contributed by atoms with van der Waals surface area (Å²) >= 11 is 9.19. The summed E-state index contributed by atoms with van der Waals surface area (Å²) in [7, 11) is 0. The topological polar surface area (TPSA) is 90.2 Å². The molecule has 0 saturated heterocycles. The maximum Gasteiger partial charge on any atom is 0.411 e. The molecule has 0 saturated carbocycles. The van der Waals surface area contributed by atoms with E-state index < -0.39 is 30.9 Å². The molecule has 3 N–H and O–H groups in total. The minimum Gasteiger partial charge on any atom is -0.506 e. The Labute approximate surface area is 148 Å². The van der Waals surface area contributed by atoms with Gasteiger partial charge in [-0.3, -0.25) is 4.90 Å². The van der Waals surface area contributed by atoms with Crippen molar-refractivity contribution in [2.24, 2.45) is 0 Å². The number of phenols is 1. The van der Waals surface area contributed by atoms with Gasteiger partial charge < -0.3 is 20.1 Å². The van der Waals surface area contributed by atoms with Crippen molar-refractivity contribution in [1.82, 2.24) is 4.90 Å². The molecule has 23 heavy (non-hydrogen) atoms. The maximum absolute atomic E-state index is 12.4. The molecule has 8 heteroatoms. The highest BCUT2D eigenvalue weighted by molar-refractivity contribution is 9.10. The molecule has 0 aromatic heterocycles. The van der Waals surface area contributed by atoms with Crippen LogP contribution in [0.3, 0.4) is 0 Å². The molecule has 1 amide bonds. The van der Waals surface area contributed by atoms with Crippen molar-refractivity contribution in [3.8, 4) is 5.75 Å². The first-order chi connectivity index (χ1) is 10.6. The molecule has 0 aliphatic carbocycles. The number of hydrogen-bond acceptors (Lipinski definition) is 5. The van der Waals surface area contributed by atoms with Crippen LogP contribution in [0.5, 0.6) is 5.75 Å². The number of halogens is 2. The number of carbonyl (C=O) groups excluding carboxylic acids is 1. The van der Waals surface area contributed by atoms with Crippen molar-refractivity contribution < 1.29 is 24.9 Å². The molecule has 0 fully saturated rings. The molecule has 0 bridgehead atoms. The Morgan fingerprint density at radius 1 is 1.35 bits per heavy atom. The first-order valence-corrected chi connectivity index (χ1v) is 8.14. The zero-order valence-electron chi connectivity index (χ0n) is 13.2. The van der Waals surface area contributed by atoms with E-state index in [0.717, 1.165) is 4.90 Å². The minimum absolute atomic E-state index is 0.0777. The third kappa shape index (κ3) is 5.84. The van der Waals surface area contributed by atoms with E-state index in [1.54, 1.807) is 26.8 Å². The second-order valence-corrected chi connectivity index (χ2v) is 7.35. The van der Waals surface area contributed by atoms with Gasteiger partial charge in [-0.2, -0.15) is 0 Å². The summed E-state index contributed by atoms with van der Waals surface area (Å²) in [6.07, 6.45) is -0.707. The lowest BCUT2D eigenvalue weighted by molar-refractivity contribution is -0.00235. The van der Waals surface area contributed by atoms with Crippen LogP contribution in [0.15, 0.2) is 16.6 Å². The van der Waals surface area contributed by atoms with E-state index in [4.69, 9.17) is 16.3 Å². The monoisotopic (exact) mass is 409 g/mol. The SMILES string of the molecule is CC(C)(C)OC(=O)N(Cc1cc(Br)cc(Cl)c1O)C(CO)CO. The van der Waals surface area contributed by atoms with Gasteiger partial charge in [-0.15, -0.1) is 0 Å². The molecule has 0 radical (unpaired) electrons. The fourth-order valence-electron chi connectivity index (χ4n) is 1.84. The van der Waals surface area contributed by atoms with E-state index in [1.165, 1.54) is 6.07 Å².